The minimum atomic E-state index is -0.334. The number of nitrogens with two attached hydrogens (primary N) is 1. The van der Waals surface area contributed by atoms with E-state index in [0.29, 0.717) is 44.9 Å². The quantitative estimate of drug-likeness (QED) is 0.431. The summed E-state index contributed by atoms with van der Waals surface area (Å²) in [6.07, 6.45) is 0.831. The molecule has 0 saturated carbocycles. The Hall–Kier alpha value is -2.29. The Morgan fingerprint density at radius 2 is 1.88 bits per heavy atom. The van der Waals surface area contributed by atoms with Crippen LogP contribution in [0.1, 0.15) is 24.3 Å². The Balaban J connectivity index is 1.75. The third-order valence-electron chi connectivity index (χ3n) is 3.70. The molecule has 8 heteroatoms. The number of benzene rings is 1. The minimum Gasteiger partial charge on any atom is -0.378 e. The molecule has 0 spiro atoms. The van der Waals surface area contributed by atoms with Gasteiger partial charge >= 0.3 is 0 Å². The molecule has 4 N–H and O–H groups in total. The molecule has 2 rings (SSSR count). The highest BCUT2D eigenvalue weighted by molar-refractivity contribution is 6.01. The van der Waals surface area contributed by atoms with E-state index in [4.69, 9.17) is 15.2 Å². The van der Waals surface area contributed by atoms with Crippen LogP contribution in [-0.2, 0) is 23.9 Å². The van der Waals surface area contributed by atoms with Crippen molar-refractivity contribution in [2.75, 3.05) is 38.3 Å². The number of amides is 3. The van der Waals surface area contributed by atoms with E-state index in [1.165, 1.54) is 0 Å². The van der Waals surface area contributed by atoms with Gasteiger partial charge in [-0.3, -0.25) is 19.7 Å². The van der Waals surface area contributed by atoms with Crippen LogP contribution in [0.5, 0.6) is 0 Å². The van der Waals surface area contributed by atoms with Gasteiger partial charge < -0.3 is 20.5 Å². The van der Waals surface area contributed by atoms with Crippen molar-refractivity contribution >= 4 is 23.4 Å². The molecule has 1 aliphatic heterocycles. The summed E-state index contributed by atoms with van der Waals surface area (Å²) in [5, 5.41) is 5.05. The summed E-state index contributed by atoms with van der Waals surface area (Å²) < 4.78 is 10.3. The molecule has 8 nitrogen and oxygen atoms in total. The standard InChI is InChI=1S/C17H23N3O5/c18-7-8-24-9-10-25-11-16(22)19-13-3-1-12(2-4-13)14-5-6-15(21)20-17(14)23/h1-4,14H,5-11,18H2,(H,19,22)(H,20,21,23). The molecule has 1 aliphatic rings. The number of carbonyl (C=O) groups excluding carboxylic acids is 3. The van der Waals surface area contributed by atoms with Crippen LogP contribution in [0, 0.1) is 0 Å². The number of rotatable bonds is 9. The molecular formula is C17H23N3O5. The Morgan fingerprint density at radius 1 is 1.16 bits per heavy atom. The van der Waals surface area contributed by atoms with E-state index in [-0.39, 0.29) is 30.2 Å². The van der Waals surface area contributed by atoms with E-state index in [0.717, 1.165) is 5.56 Å². The number of ether oxygens (including phenoxy) is 2. The SMILES string of the molecule is NCCOCCOCC(=O)Nc1ccc(C2CCC(=O)NC2=O)cc1. The first-order valence-corrected chi connectivity index (χ1v) is 8.19. The Kier molecular flexibility index (Phi) is 7.52. The van der Waals surface area contributed by atoms with Crippen molar-refractivity contribution in [2.45, 2.75) is 18.8 Å². The molecule has 1 heterocycles. The normalized spacial score (nSPS) is 17.2. The van der Waals surface area contributed by atoms with Gasteiger partial charge in [-0.15, -0.1) is 0 Å². The number of anilines is 1. The van der Waals surface area contributed by atoms with Crippen molar-refractivity contribution in [3.8, 4) is 0 Å². The summed E-state index contributed by atoms with van der Waals surface area (Å²) in [5.41, 5.74) is 6.71. The largest absolute Gasteiger partial charge is 0.378 e. The summed E-state index contributed by atoms with van der Waals surface area (Å²) in [6, 6.07) is 7.00. The second-order valence-electron chi connectivity index (χ2n) is 5.63. The molecular weight excluding hydrogens is 326 g/mol. The van der Waals surface area contributed by atoms with Crippen LogP contribution in [0.15, 0.2) is 24.3 Å². The number of carbonyl (C=O) groups is 3. The smallest absolute Gasteiger partial charge is 0.250 e. The van der Waals surface area contributed by atoms with Crippen LogP contribution < -0.4 is 16.4 Å². The number of hydrogen-bond donors (Lipinski definition) is 3. The van der Waals surface area contributed by atoms with Gasteiger partial charge in [-0.25, -0.2) is 0 Å². The molecule has 0 bridgehead atoms. The lowest BCUT2D eigenvalue weighted by atomic mass is 9.90. The number of imide groups is 1. The molecule has 1 aromatic rings. The molecule has 1 unspecified atom stereocenters. The molecule has 136 valence electrons. The third-order valence-corrected chi connectivity index (χ3v) is 3.70. The zero-order chi connectivity index (χ0) is 18.1. The summed E-state index contributed by atoms with van der Waals surface area (Å²) in [5.74, 6) is -1.12. The van der Waals surface area contributed by atoms with Gasteiger partial charge in [0.05, 0.1) is 25.7 Å². The summed E-state index contributed by atoms with van der Waals surface area (Å²) in [7, 11) is 0. The predicted octanol–water partition coefficient (Wildman–Crippen LogP) is 0.137. The van der Waals surface area contributed by atoms with Gasteiger partial charge in [0.1, 0.15) is 6.61 Å². The van der Waals surface area contributed by atoms with Crippen LogP contribution in [0.4, 0.5) is 5.69 Å². The van der Waals surface area contributed by atoms with Gasteiger partial charge in [-0.2, -0.15) is 0 Å². The fraction of sp³-hybridized carbons (Fsp3) is 0.471. The fourth-order valence-corrected chi connectivity index (χ4v) is 2.48. The first kappa shape index (κ1) is 19.0. The average molecular weight is 349 g/mol. The Labute approximate surface area is 146 Å². The highest BCUT2D eigenvalue weighted by Gasteiger charge is 2.27. The maximum atomic E-state index is 11.8. The lowest BCUT2D eigenvalue weighted by Gasteiger charge is -2.21. The van der Waals surface area contributed by atoms with E-state index in [2.05, 4.69) is 10.6 Å². The monoisotopic (exact) mass is 349 g/mol. The van der Waals surface area contributed by atoms with Crippen molar-refractivity contribution < 1.29 is 23.9 Å². The van der Waals surface area contributed by atoms with E-state index < -0.39 is 0 Å². The van der Waals surface area contributed by atoms with Gasteiger partial charge in [0.25, 0.3) is 0 Å². The Bertz CT molecular complexity index is 603. The maximum absolute atomic E-state index is 11.8. The average Bonchev–Trinajstić information content (AvgIpc) is 2.59. The van der Waals surface area contributed by atoms with Gasteiger partial charge in [0, 0.05) is 18.7 Å². The fourth-order valence-electron chi connectivity index (χ4n) is 2.48. The highest BCUT2D eigenvalue weighted by Crippen LogP contribution is 2.25. The highest BCUT2D eigenvalue weighted by atomic mass is 16.5. The summed E-state index contributed by atoms with van der Waals surface area (Å²) >= 11 is 0. The molecule has 1 atom stereocenters. The van der Waals surface area contributed by atoms with Crippen LogP contribution >= 0.6 is 0 Å². The second-order valence-corrected chi connectivity index (χ2v) is 5.63. The molecule has 1 aromatic carbocycles. The maximum Gasteiger partial charge on any atom is 0.250 e. The van der Waals surface area contributed by atoms with E-state index in [1.54, 1.807) is 24.3 Å². The summed E-state index contributed by atoms with van der Waals surface area (Å²) in [4.78, 5) is 34.8. The van der Waals surface area contributed by atoms with Crippen LogP contribution in [-0.4, -0.2) is 50.7 Å². The second kappa shape index (κ2) is 9.87. The van der Waals surface area contributed by atoms with Crippen LogP contribution in [0.25, 0.3) is 0 Å². The Morgan fingerprint density at radius 3 is 2.56 bits per heavy atom. The van der Waals surface area contributed by atoms with Crippen molar-refractivity contribution in [1.29, 1.82) is 0 Å². The molecule has 1 saturated heterocycles. The molecule has 0 radical (unpaired) electrons. The van der Waals surface area contributed by atoms with Crippen molar-refractivity contribution in [1.82, 2.24) is 5.32 Å². The molecule has 25 heavy (non-hydrogen) atoms. The minimum absolute atomic E-state index is 0.0686. The molecule has 3 amide bonds. The molecule has 1 fully saturated rings. The van der Waals surface area contributed by atoms with E-state index >= 15 is 0 Å². The van der Waals surface area contributed by atoms with Gasteiger partial charge in [-0.05, 0) is 24.1 Å². The lowest BCUT2D eigenvalue weighted by molar-refractivity contribution is -0.134. The van der Waals surface area contributed by atoms with Crippen LogP contribution in [0.2, 0.25) is 0 Å². The molecule has 0 aliphatic carbocycles. The number of hydrogen-bond acceptors (Lipinski definition) is 6. The van der Waals surface area contributed by atoms with Crippen molar-refractivity contribution in [3.05, 3.63) is 29.8 Å². The van der Waals surface area contributed by atoms with E-state index in [9.17, 15) is 14.4 Å². The van der Waals surface area contributed by atoms with Crippen LogP contribution in [0.3, 0.4) is 0 Å². The zero-order valence-electron chi connectivity index (χ0n) is 14.0. The first-order chi connectivity index (χ1) is 12.1. The summed E-state index contributed by atoms with van der Waals surface area (Å²) in [6.45, 7) is 1.57. The predicted molar refractivity (Wildman–Crippen MR) is 90.9 cm³/mol. The zero-order valence-corrected chi connectivity index (χ0v) is 14.0. The van der Waals surface area contributed by atoms with Gasteiger partial charge in [0.2, 0.25) is 17.7 Å². The third kappa shape index (κ3) is 6.26. The number of nitrogens with one attached hydrogen (secondary N) is 2. The number of piperidine rings is 1. The molecule has 0 aromatic heterocycles. The lowest BCUT2D eigenvalue weighted by Crippen LogP contribution is -2.39. The van der Waals surface area contributed by atoms with Crippen molar-refractivity contribution in [2.24, 2.45) is 5.73 Å². The first-order valence-electron chi connectivity index (χ1n) is 8.19. The van der Waals surface area contributed by atoms with Gasteiger partial charge in [0.15, 0.2) is 0 Å². The van der Waals surface area contributed by atoms with Crippen molar-refractivity contribution in [3.63, 3.8) is 0 Å². The topological polar surface area (TPSA) is 120 Å². The van der Waals surface area contributed by atoms with Gasteiger partial charge in [-0.1, -0.05) is 12.1 Å². The van der Waals surface area contributed by atoms with E-state index in [1.807, 2.05) is 0 Å².